The highest BCUT2D eigenvalue weighted by atomic mass is 19.4. The number of hydrogen-bond donors (Lipinski definition) is 1. The number of rotatable bonds is 4. The molecule has 132 valence electrons. The van der Waals surface area contributed by atoms with Crippen molar-refractivity contribution in [3.05, 3.63) is 65.2 Å². The number of fused-ring (bicyclic) bond motifs is 1. The number of nitrogens with zero attached hydrogens (tertiary/aromatic N) is 2. The molecule has 25 heavy (non-hydrogen) atoms. The maximum absolute atomic E-state index is 13.5. The number of para-hydroxylation sites is 1. The Morgan fingerprint density at radius 2 is 1.80 bits per heavy atom. The van der Waals surface area contributed by atoms with Crippen LogP contribution in [0.5, 0.6) is 0 Å². The Kier molecular flexibility index (Phi) is 4.51. The smallest absolute Gasteiger partial charge is 0.322 e. The van der Waals surface area contributed by atoms with Crippen LogP contribution in [-0.2, 0) is 12.7 Å². The number of imidazole rings is 1. The predicted octanol–water partition coefficient (Wildman–Crippen LogP) is 4.65. The lowest BCUT2D eigenvalue weighted by atomic mass is 10.1. The summed E-state index contributed by atoms with van der Waals surface area (Å²) in [6.45, 7) is 1.98. The molecule has 1 aromatic heterocycles. The molecule has 7 heteroatoms. The number of hydrogen-bond acceptors (Lipinski definition) is 2. The fourth-order valence-electron chi connectivity index (χ4n) is 2.83. The van der Waals surface area contributed by atoms with Gasteiger partial charge in [0.25, 0.3) is 0 Å². The lowest BCUT2D eigenvalue weighted by Gasteiger charge is -2.16. The maximum atomic E-state index is 13.5. The van der Waals surface area contributed by atoms with Gasteiger partial charge in [0.15, 0.2) is 0 Å². The zero-order chi connectivity index (χ0) is 18.2. The van der Waals surface area contributed by atoms with Gasteiger partial charge in [0.2, 0.25) is 0 Å². The molecule has 0 bridgehead atoms. The van der Waals surface area contributed by atoms with E-state index >= 15 is 0 Å². The molecule has 2 N–H and O–H groups in total. The van der Waals surface area contributed by atoms with E-state index in [4.69, 9.17) is 5.73 Å². The van der Waals surface area contributed by atoms with Crippen LogP contribution < -0.4 is 5.73 Å². The molecule has 0 saturated carbocycles. The Morgan fingerprint density at radius 3 is 2.40 bits per heavy atom. The molecule has 0 unspecified atom stereocenters. The largest absolute Gasteiger partial charge is 0.418 e. The first kappa shape index (κ1) is 17.4. The van der Waals surface area contributed by atoms with Crippen LogP contribution in [-0.4, -0.2) is 9.55 Å². The van der Waals surface area contributed by atoms with Crippen LogP contribution in [0.4, 0.5) is 17.6 Å². The van der Waals surface area contributed by atoms with Gasteiger partial charge in [-0.2, -0.15) is 13.2 Å². The summed E-state index contributed by atoms with van der Waals surface area (Å²) in [7, 11) is 0. The molecule has 1 atom stereocenters. The van der Waals surface area contributed by atoms with Gasteiger partial charge in [0, 0.05) is 6.54 Å². The van der Waals surface area contributed by atoms with E-state index in [2.05, 4.69) is 4.98 Å². The molecule has 0 aliphatic rings. The fraction of sp³-hybridized carbons (Fsp3) is 0.278. The molecule has 0 spiro atoms. The minimum Gasteiger partial charge on any atom is -0.322 e. The quantitative estimate of drug-likeness (QED) is 0.695. The number of benzene rings is 2. The molecule has 0 radical (unpaired) electrons. The predicted molar refractivity (Wildman–Crippen MR) is 87.5 cm³/mol. The standard InChI is InChI=1S/C18H17F4N3/c1-2-14(23)17-24-15-5-3-4-13(18(20,21)22)16(15)25(17)10-11-6-8-12(19)9-7-11/h3-9,14H,2,10,23H2,1H3/t14-/m0/s1. The van der Waals surface area contributed by atoms with Crippen molar-refractivity contribution in [2.45, 2.75) is 32.1 Å². The summed E-state index contributed by atoms with van der Waals surface area (Å²) in [5.41, 5.74) is 6.23. The van der Waals surface area contributed by atoms with Gasteiger partial charge in [-0.05, 0) is 36.2 Å². The third kappa shape index (κ3) is 3.37. The van der Waals surface area contributed by atoms with Gasteiger partial charge in [-0.1, -0.05) is 25.1 Å². The summed E-state index contributed by atoms with van der Waals surface area (Å²) in [5, 5.41) is 0. The zero-order valence-corrected chi connectivity index (χ0v) is 13.5. The Balaban J connectivity index is 2.23. The van der Waals surface area contributed by atoms with E-state index in [1.807, 2.05) is 6.92 Å². The highest BCUT2D eigenvalue weighted by molar-refractivity contribution is 5.80. The van der Waals surface area contributed by atoms with E-state index in [0.29, 0.717) is 17.8 Å². The fourth-order valence-corrected chi connectivity index (χ4v) is 2.83. The van der Waals surface area contributed by atoms with Gasteiger partial charge in [0.1, 0.15) is 11.6 Å². The van der Waals surface area contributed by atoms with Crippen molar-refractivity contribution in [3.63, 3.8) is 0 Å². The van der Waals surface area contributed by atoms with E-state index < -0.39 is 23.6 Å². The summed E-state index contributed by atoms with van der Waals surface area (Å²) in [4.78, 5) is 4.34. The number of nitrogens with two attached hydrogens (primary N) is 1. The van der Waals surface area contributed by atoms with Crippen LogP contribution >= 0.6 is 0 Å². The second-order valence-corrected chi connectivity index (χ2v) is 5.87. The van der Waals surface area contributed by atoms with Gasteiger partial charge >= 0.3 is 6.18 Å². The summed E-state index contributed by atoms with van der Waals surface area (Å²) in [5.74, 6) is -0.0146. The monoisotopic (exact) mass is 351 g/mol. The third-order valence-corrected chi connectivity index (χ3v) is 4.13. The highest BCUT2D eigenvalue weighted by Crippen LogP contribution is 2.36. The molecule has 1 heterocycles. The van der Waals surface area contributed by atoms with Crippen molar-refractivity contribution >= 4 is 11.0 Å². The van der Waals surface area contributed by atoms with E-state index in [-0.39, 0.29) is 17.6 Å². The van der Waals surface area contributed by atoms with Crippen LogP contribution in [0.3, 0.4) is 0 Å². The first-order chi connectivity index (χ1) is 11.8. The Hall–Kier alpha value is -2.41. The molecule has 2 aromatic carbocycles. The lowest BCUT2D eigenvalue weighted by molar-refractivity contribution is -0.136. The van der Waals surface area contributed by atoms with Crippen molar-refractivity contribution in [2.75, 3.05) is 0 Å². The molecule has 3 rings (SSSR count). The van der Waals surface area contributed by atoms with Crippen molar-refractivity contribution < 1.29 is 17.6 Å². The normalized spacial score (nSPS) is 13.4. The first-order valence-electron chi connectivity index (χ1n) is 7.87. The topological polar surface area (TPSA) is 43.8 Å². The Labute approximate surface area is 142 Å². The summed E-state index contributed by atoms with van der Waals surface area (Å²) in [6.07, 6.45) is -3.97. The van der Waals surface area contributed by atoms with Crippen molar-refractivity contribution in [1.82, 2.24) is 9.55 Å². The minimum atomic E-state index is -4.51. The van der Waals surface area contributed by atoms with Crippen LogP contribution in [0.2, 0.25) is 0 Å². The number of alkyl halides is 3. The SMILES string of the molecule is CC[C@H](N)c1nc2cccc(C(F)(F)F)c2n1Cc1ccc(F)cc1. The average molecular weight is 351 g/mol. The molecule has 3 aromatic rings. The van der Waals surface area contributed by atoms with Crippen LogP contribution in [0, 0.1) is 5.82 Å². The zero-order valence-electron chi connectivity index (χ0n) is 13.5. The summed E-state index contributed by atoms with van der Waals surface area (Å²) < 4.78 is 55.0. The van der Waals surface area contributed by atoms with Crippen LogP contribution in [0.1, 0.15) is 36.3 Å². The summed E-state index contributed by atoms with van der Waals surface area (Å²) in [6, 6.07) is 9.05. The van der Waals surface area contributed by atoms with E-state index in [0.717, 1.165) is 6.07 Å². The number of halogens is 4. The molecule has 0 aliphatic heterocycles. The third-order valence-electron chi connectivity index (χ3n) is 4.13. The molecule has 0 amide bonds. The van der Waals surface area contributed by atoms with Crippen molar-refractivity contribution in [1.29, 1.82) is 0 Å². The first-order valence-corrected chi connectivity index (χ1v) is 7.87. The van der Waals surface area contributed by atoms with E-state index in [9.17, 15) is 17.6 Å². The van der Waals surface area contributed by atoms with Crippen molar-refractivity contribution in [2.24, 2.45) is 5.73 Å². The molecular formula is C18H17F4N3. The molecule has 0 saturated heterocycles. The van der Waals surface area contributed by atoms with Crippen molar-refractivity contribution in [3.8, 4) is 0 Å². The summed E-state index contributed by atoms with van der Waals surface area (Å²) >= 11 is 0. The van der Waals surface area contributed by atoms with Crippen LogP contribution in [0.25, 0.3) is 11.0 Å². The second kappa shape index (κ2) is 6.48. The van der Waals surface area contributed by atoms with Gasteiger partial charge < -0.3 is 10.3 Å². The van der Waals surface area contributed by atoms with Crippen LogP contribution in [0.15, 0.2) is 42.5 Å². The maximum Gasteiger partial charge on any atom is 0.418 e. The molecule has 0 aliphatic carbocycles. The highest BCUT2D eigenvalue weighted by Gasteiger charge is 2.35. The second-order valence-electron chi connectivity index (χ2n) is 5.87. The van der Waals surface area contributed by atoms with Gasteiger partial charge in [-0.3, -0.25) is 0 Å². The molecule has 3 nitrogen and oxygen atoms in total. The van der Waals surface area contributed by atoms with Gasteiger partial charge in [-0.15, -0.1) is 0 Å². The minimum absolute atomic E-state index is 0.00164. The Morgan fingerprint density at radius 1 is 1.12 bits per heavy atom. The number of aromatic nitrogens is 2. The average Bonchev–Trinajstić information content (AvgIpc) is 2.94. The lowest BCUT2D eigenvalue weighted by Crippen LogP contribution is -2.17. The Bertz CT molecular complexity index is 882. The molecule has 0 fully saturated rings. The van der Waals surface area contributed by atoms with Gasteiger partial charge in [0.05, 0.1) is 22.6 Å². The van der Waals surface area contributed by atoms with E-state index in [1.165, 1.54) is 28.8 Å². The van der Waals surface area contributed by atoms with Gasteiger partial charge in [-0.25, -0.2) is 9.37 Å². The van der Waals surface area contributed by atoms with E-state index in [1.54, 1.807) is 12.1 Å². The molecular weight excluding hydrogens is 334 g/mol.